The third-order valence-corrected chi connectivity index (χ3v) is 5.41. The number of aryl methyl sites for hydroxylation is 1. The van der Waals surface area contributed by atoms with E-state index in [0.29, 0.717) is 6.54 Å². The number of urea groups is 1. The third kappa shape index (κ3) is 5.56. The highest BCUT2D eigenvalue weighted by Gasteiger charge is 2.21. The van der Waals surface area contributed by atoms with E-state index < -0.39 is 0 Å². The molecule has 2 aromatic rings. The Balaban J connectivity index is 1.43. The summed E-state index contributed by atoms with van der Waals surface area (Å²) in [6, 6.07) is 16.6. The van der Waals surface area contributed by atoms with Crippen molar-refractivity contribution in [3.05, 3.63) is 54.1 Å². The Bertz CT molecular complexity index is 786. The number of benzene rings is 2. The molecule has 1 saturated heterocycles. The van der Waals surface area contributed by atoms with Gasteiger partial charge in [0, 0.05) is 57.2 Å². The summed E-state index contributed by atoms with van der Waals surface area (Å²) >= 11 is 0. The van der Waals surface area contributed by atoms with E-state index in [1.165, 1.54) is 16.9 Å². The zero-order valence-corrected chi connectivity index (χ0v) is 17.7. The molecule has 2 amide bonds. The van der Waals surface area contributed by atoms with Crippen LogP contribution in [0.4, 0.5) is 16.2 Å². The van der Waals surface area contributed by atoms with Crippen LogP contribution in [0.25, 0.3) is 0 Å². The fourth-order valence-corrected chi connectivity index (χ4v) is 3.66. The van der Waals surface area contributed by atoms with Gasteiger partial charge in [0.15, 0.2) is 0 Å². The number of nitrogens with zero attached hydrogens (tertiary/aromatic N) is 3. The zero-order valence-electron chi connectivity index (χ0n) is 17.7. The van der Waals surface area contributed by atoms with Crippen LogP contribution in [-0.2, 0) is 0 Å². The molecule has 6 nitrogen and oxygen atoms in total. The van der Waals surface area contributed by atoms with Crippen LogP contribution in [0.1, 0.15) is 12.5 Å². The average Bonchev–Trinajstić information content (AvgIpc) is 2.77. The summed E-state index contributed by atoms with van der Waals surface area (Å²) in [6.45, 7) is 9.73. The van der Waals surface area contributed by atoms with Crippen molar-refractivity contribution >= 4 is 17.4 Å². The number of likely N-dealkylation sites (N-methyl/N-ethyl adjacent to an activating group) is 1. The largest absolute Gasteiger partial charge is 0.497 e. The SMILES string of the molecule is CCN(CCNC(=O)N1CCN(c2ccc(OC)cc2)CC1)c1cccc(C)c1. The maximum Gasteiger partial charge on any atom is 0.317 e. The molecule has 1 heterocycles. The maximum atomic E-state index is 12.5. The lowest BCUT2D eigenvalue weighted by molar-refractivity contribution is 0.194. The predicted molar refractivity (Wildman–Crippen MR) is 119 cm³/mol. The van der Waals surface area contributed by atoms with Crippen LogP contribution in [0.15, 0.2) is 48.5 Å². The molecule has 0 radical (unpaired) electrons. The van der Waals surface area contributed by atoms with Crippen LogP contribution in [0.2, 0.25) is 0 Å². The molecule has 29 heavy (non-hydrogen) atoms. The fraction of sp³-hybridized carbons (Fsp3) is 0.435. The molecule has 1 N–H and O–H groups in total. The number of hydrogen-bond acceptors (Lipinski definition) is 4. The van der Waals surface area contributed by atoms with Crippen LogP contribution in [0, 0.1) is 6.92 Å². The molecule has 3 rings (SSSR count). The number of ether oxygens (including phenoxy) is 1. The Morgan fingerprint density at radius 1 is 1.10 bits per heavy atom. The first-order valence-electron chi connectivity index (χ1n) is 10.3. The molecule has 0 spiro atoms. The van der Waals surface area contributed by atoms with Crippen molar-refractivity contribution in [3.8, 4) is 5.75 Å². The van der Waals surface area contributed by atoms with Crippen LogP contribution in [0.3, 0.4) is 0 Å². The minimum Gasteiger partial charge on any atom is -0.497 e. The number of nitrogens with one attached hydrogen (secondary N) is 1. The highest BCUT2D eigenvalue weighted by Crippen LogP contribution is 2.20. The van der Waals surface area contributed by atoms with E-state index in [4.69, 9.17) is 4.74 Å². The highest BCUT2D eigenvalue weighted by atomic mass is 16.5. The smallest absolute Gasteiger partial charge is 0.317 e. The predicted octanol–water partition coefficient (Wildman–Crippen LogP) is 3.36. The second kappa shape index (κ2) is 10.0. The lowest BCUT2D eigenvalue weighted by Gasteiger charge is -2.36. The number of piperazine rings is 1. The Labute approximate surface area is 174 Å². The van der Waals surface area contributed by atoms with Gasteiger partial charge in [-0.2, -0.15) is 0 Å². The number of carbonyl (C=O) groups is 1. The number of methoxy groups -OCH3 is 1. The minimum atomic E-state index is 0.0275. The summed E-state index contributed by atoms with van der Waals surface area (Å²) in [5.74, 6) is 0.860. The van der Waals surface area contributed by atoms with Gasteiger partial charge in [0.2, 0.25) is 0 Å². The second-order valence-corrected chi connectivity index (χ2v) is 7.32. The van der Waals surface area contributed by atoms with Gasteiger partial charge in [-0.1, -0.05) is 12.1 Å². The van der Waals surface area contributed by atoms with Gasteiger partial charge in [0.25, 0.3) is 0 Å². The van der Waals surface area contributed by atoms with E-state index in [9.17, 15) is 4.79 Å². The fourth-order valence-electron chi connectivity index (χ4n) is 3.66. The average molecular weight is 397 g/mol. The van der Waals surface area contributed by atoms with Crippen LogP contribution in [0.5, 0.6) is 5.75 Å². The van der Waals surface area contributed by atoms with E-state index >= 15 is 0 Å². The van der Waals surface area contributed by atoms with Gasteiger partial charge in [-0.15, -0.1) is 0 Å². The Morgan fingerprint density at radius 2 is 1.83 bits per heavy atom. The van der Waals surface area contributed by atoms with Crippen molar-refractivity contribution in [2.24, 2.45) is 0 Å². The normalized spacial score (nSPS) is 13.9. The van der Waals surface area contributed by atoms with Crippen molar-refractivity contribution < 1.29 is 9.53 Å². The van der Waals surface area contributed by atoms with Crippen molar-refractivity contribution in [1.29, 1.82) is 0 Å². The lowest BCUT2D eigenvalue weighted by Crippen LogP contribution is -2.52. The molecule has 0 bridgehead atoms. The van der Waals surface area contributed by atoms with E-state index in [1.54, 1.807) is 7.11 Å². The first kappa shape index (κ1) is 20.8. The quantitative estimate of drug-likeness (QED) is 0.780. The first-order chi connectivity index (χ1) is 14.1. The topological polar surface area (TPSA) is 48.1 Å². The van der Waals surface area contributed by atoms with Crippen LogP contribution < -0.4 is 19.9 Å². The Hall–Kier alpha value is -2.89. The second-order valence-electron chi connectivity index (χ2n) is 7.32. The van der Waals surface area contributed by atoms with Gasteiger partial charge in [-0.25, -0.2) is 4.79 Å². The van der Waals surface area contributed by atoms with Crippen molar-refractivity contribution in [2.45, 2.75) is 13.8 Å². The highest BCUT2D eigenvalue weighted by molar-refractivity contribution is 5.74. The maximum absolute atomic E-state index is 12.5. The standard InChI is InChI=1S/C23H32N4O2/c1-4-25(21-7-5-6-19(2)18-21)13-12-24-23(28)27-16-14-26(15-17-27)20-8-10-22(29-3)11-9-20/h5-11,18H,4,12-17H2,1-3H3,(H,24,28). The molecular weight excluding hydrogens is 364 g/mol. The number of anilines is 2. The number of hydrogen-bond donors (Lipinski definition) is 1. The van der Waals surface area contributed by atoms with Crippen molar-refractivity contribution in [2.75, 3.05) is 62.7 Å². The molecular formula is C23H32N4O2. The minimum absolute atomic E-state index is 0.0275. The third-order valence-electron chi connectivity index (χ3n) is 5.41. The van der Waals surface area contributed by atoms with Gasteiger partial charge in [0.1, 0.15) is 5.75 Å². The van der Waals surface area contributed by atoms with Gasteiger partial charge in [-0.3, -0.25) is 0 Å². The molecule has 6 heteroatoms. The Kier molecular flexibility index (Phi) is 7.22. The lowest BCUT2D eigenvalue weighted by atomic mass is 10.2. The van der Waals surface area contributed by atoms with Crippen molar-refractivity contribution in [1.82, 2.24) is 10.2 Å². The molecule has 0 aromatic heterocycles. The van der Waals surface area contributed by atoms with Gasteiger partial charge >= 0.3 is 6.03 Å². The van der Waals surface area contributed by atoms with E-state index in [-0.39, 0.29) is 6.03 Å². The number of amides is 2. The molecule has 0 saturated carbocycles. The molecule has 1 aliphatic rings. The Morgan fingerprint density at radius 3 is 2.45 bits per heavy atom. The summed E-state index contributed by atoms with van der Waals surface area (Å²) in [5, 5.41) is 3.08. The summed E-state index contributed by atoms with van der Waals surface area (Å²) < 4.78 is 5.22. The van der Waals surface area contributed by atoms with Crippen molar-refractivity contribution in [3.63, 3.8) is 0 Å². The van der Waals surface area contributed by atoms with Gasteiger partial charge in [-0.05, 0) is 55.8 Å². The van der Waals surface area contributed by atoms with E-state index in [2.05, 4.69) is 65.4 Å². The van der Waals surface area contributed by atoms with E-state index in [0.717, 1.165) is 45.0 Å². The molecule has 2 aromatic carbocycles. The molecule has 1 aliphatic heterocycles. The van der Waals surface area contributed by atoms with Gasteiger partial charge < -0.3 is 24.8 Å². The summed E-state index contributed by atoms with van der Waals surface area (Å²) in [5.41, 5.74) is 3.62. The summed E-state index contributed by atoms with van der Waals surface area (Å²) in [6.07, 6.45) is 0. The monoisotopic (exact) mass is 396 g/mol. The molecule has 156 valence electrons. The van der Waals surface area contributed by atoms with Crippen LogP contribution >= 0.6 is 0 Å². The molecule has 0 atom stereocenters. The molecule has 1 fully saturated rings. The van der Waals surface area contributed by atoms with Gasteiger partial charge in [0.05, 0.1) is 7.11 Å². The summed E-state index contributed by atoms with van der Waals surface area (Å²) in [7, 11) is 1.67. The number of carbonyl (C=O) groups excluding carboxylic acids is 1. The molecule has 0 aliphatic carbocycles. The zero-order chi connectivity index (χ0) is 20.6. The van der Waals surface area contributed by atoms with Crippen LogP contribution in [-0.4, -0.2) is 63.9 Å². The summed E-state index contributed by atoms with van der Waals surface area (Å²) in [4.78, 5) is 19.0. The molecule has 0 unspecified atom stereocenters. The first-order valence-corrected chi connectivity index (χ1v) is 10.3. The van der Waals surface area contributed by atoms with E-state index in [1.807, 2.05) is 17.0 Å². The number of rotatable bonds is 7.